The molecule has 1 amide bonds. The van der Waals surface area contributed by atoms with Gasteiger partial charge in [0.05, 0.1) is 23.9 Å². The molecule has 0 radical (unpaired) electrons. The summed E-state index contributed by atoms with van der Waals surface area (Å²) in [6.45, 7) is -0.126. The van der Waals surface area contributed by atoms with E-state index in [9.17, 15) is 14.3 Å². The van der Waals surface area contributed by atoms with E-state index in [1.165, 1.54) is 0 Å². The highest BCUT2D eigenvalue weighted by Gasteiger charge is 2.35. The molecular formula is C12H14ClFN2O2. The number of pyridine rings is 1. The van der Waals surface area contributed by atoms with E-state index in [1.54, 1.807) is 0 Å². The van der Waals surface area contributed by atoms with Crippen molar-refractivity contribution in [2.24, 2.45) is 0 Å². The second kappa shape index (κ2) is 5.20. The minimum Gasteiger partial charge on any atom is -0.394 e. The Balaban J connectivity index is 2.18. The van der Waals surface area contributed by atoms with Crippen LogP contribution in [0.3, 0.4) is 0 Å². The van der Waals surface area contributed by atoms with Gasteiger partial charge in [0.25, 0.3) is 5.91 Å². The Bertz CT molecular complexity index is 461. The van der Waals surface area contributed by atoms with Crippen molar-refractivity contribution in [2.45, 2.75) is 31.2 Å². The van der Waals surface area contributed by atoms with Crippen LogP contribution in [0.4, 0.5) is 4.39 Å². The molecule has 1 fully saturated rings. The third-order valence-corrected chi connectivity index (χ3v) is 3.59. The van der Waals surface area contributed by atoms with Crippen molar-refractivity contribution in [3.63, 3.8) is 0 Å². The average Bonchev–Trinajstić information content (AvgIpc) is 2.81. The minimum absolute atomic E-state index is 0.00334. The molecule has 18 heavy (non-hydrogen) atoms. The smallest absolute Gasteiger partial charge is 0.255 e. The van der Waals surface area contributed by atoms with E-state index >= 15 is 0 Å². The molecule has 0 unspecified atom stereocenters. The van der Waals surface area contributed by atoms with Crippen LogP contribution in [0.2, 0.25) is 5.15 Å². The summed E-state index contributed by atoms with van der Waals surface area (Å²) in [5.74, 6) is -1.11. The van der Waals surface area contributed by atoms with E-state index in [4.69, 9.17) is 11.6 Å². The first kappa shape index (κ1) is 13.2. The summed E-state index contributed by atoms with van der Waals surface area (Å²) in [6.07, 6.45) is 4.30. The summed E-state index contributed by atoms with van der Waals surface area (Å²) in [4.78, 5) is 15.6. The monoisotopic (exact) mass is 272 g/mol. The Morgan fingerprint density at radius 3 is 2.83 bits per heavy atom. The minimum atomic E-state index is -0.617. The zero-order chi connectivity index (χ0) is 13.2. The molecule has 2 rings (SSSR count). The predicted octanol–water partition coefficient (Wildman–Crippen LogP) is 1.91. The van der Waals surface area contributed by atoms with Crippen molar-refractivity contribution in [2.75, 3.05) is 6.61 Å². The van der Waals surface area contributed by atoms with Gasteiger partial charge in [-0.3, -0.25) is 4.79 Å². The quantitative estimate of drug-likeness (QED) is 0.826. The number of aliphatic hydroxyl groups excluding tert-OH is 1. The van der Waals surface area contributed by atoms with Crippen LogP contribution in [0.5, 0.6) is 0 Å². The molecule has 1 aromatic rings. The lowest BCUT2D eigenvalue weighted by atomic mass is 9.98. The van der Waals surface area contributed by atoms with Crippen LogP contribution in [0.15, 0.2) is 12.3 Å². The topological polar surface area (TPSA) is 62.2 Å². The number of carbonyl (C=O) groups excluding carboxylic acids is 1. The van der Waals surface area contributed by atoms with E-state index in [0.717, 1.165) is 37.9 Å². The van der Waals surface area contributed by atoms with Gasteiger partial charge in [-0.1, -0.05) is 24.4 Å². The van der Waals surface area contributed by atoms with E-state index < -0.39 is 17.3 Å². The van der Waals surface area contributed by atoms with Crippen molar-refractivity contribution in [1.29, 1.82) is 0 Å². The van der Waals surface area contributed by atoms with Gasteiger partial charge in [0.15, 0.2) is 0 Å². The lowest BCUT2D eigenvalue weighted by molar-refractivity contribution is 0.0838. The highest BCUT2D eigenvalue weighted by molar-refractivity contribution is 6.32. The molecule has 1 aliphatic rings. The van der Waals surface area contributed by atoms with Gasteiger partial charge in [-0.25, -0.2) is 9.37 Å². The molecule has 0 spiro atoms. The van der Waals surface area contributed by atoms with E-state index in [-0.39, 0.29) is 17.3 Å². The van der Waals surface area contributed by atoms with E-state index in [2.05, 4.69) is 10.3 Å². The van der Waals surface area contributed by atoms with Crippen LogP contribution < -0.4 is 5.32 Å². The molecule has 98 valence electrons. The van der Waals surface area contributed by atoms with Gasteiger partial charge in [-0.15, -0.1) is 0 Å². The van der Waals surface area contributed by atoms with Crippen LogP contribution in [-0.2, 0) is 0 Å². The number of nitrogens with one attached hydrogen (secondary N) is 1. The average molecular weight is 273 g/mol. The number of aliphatic hydroxyl groups is 1. The molecule has 1 heterocycles. The summed E-state index contributed by atoms with van der Waals surface area (Å²) in [7, 11) is 0. The number of rotatable bonds is 3. The van der Waals surface area contributed by atoms with Crippen LogP contribution in [-0.4, -0.2) is 28.1 Å². The fourth-order valence-corrected chi connectivity index (χ4v) is 2.45. The third-order valence-electron chi connectivity index (χ3n) is 3.29. The summed E-state index contributed by atoms with van der Waals surface area (Å²) >= 11 is 5.76. The number of carbonyl (C=O) groups is 1. The van der Waals surface area contributed by atoms with Crippen molar-refractivity contribution >= 4 is 17.5 Å². The summed E-state index contributed by atoms with van der Waals surface area (Å²) < 4.78 is 13.0. The van der Waals surface area contributed by atoms with Gasteiger partial charge >= 0.3 is 0 Å². The number of halogens is 2. The summed E-state index contributed by atoms with van der Waals surface area (Å²) in [6, 6.07) is 1.05. The highest BCUT2D eigenvalue weighted by Crippen LogP contribution is 2.29. The van der Waals surface area contributed by atoms with Gasteiger partial charge in [-0.05, 0) is 18.9 Å². The number of aromatic nitrogens is 1. The van der Waals surface area contributed by atoms with Crippen molar-refractivity contribution in [3.05, 3.63) is 28.8 Å². The lowest BCUT2D eigenvalue weighted by Crippen LogP contribution is -2.49. The van der Waals surface area contributed by atoms with Crippen molar-refractivity contribution in [3.8, 4) is 0 Å². The Labute approximate surface area is 109 Å². The first-order chi connectivity index (χ1) is 8.56. The van der Waals surface area contributed by atoms with Crippen LogP contribution in [0, 0.1) is 5.82 Å². The zero-order valence-corrected chi connectivity index (χ0v) is 10.5. The van der Waals surface area contributed by atoms with Crippen LogP contribution in [0.25, 0.3) is 0 Å². The molecule has 1 aromatic heterocycles. The Morgan fingerprint density at radius 1 is 1.56 bits per heavy atom. The Hall–Kier alpha value is -1.20. The fraction of sp³-hybridized carbons (Fsp3) is 0.500. The van der Waals surface area contributed by atoms with Crippen LogP contribution >= 0.6 is 11.6 Å². The molecule has 4 nitrogen and oxygen atoms in total. The maximum atomic E-state index is 13.0. The largest absolute Gasteiger partial charge is 0.394 e. The summed E-state index contributed by atoms with van der Waals surface area (Å²) in [5.41, 5.74) is -0.608. The zero-order valence-electron chi connectivity index (χ0n) is 9.75. The number of amides is 1. The first-order valence-corrected chi connectivity index (χ1v) is 6.18. The third kappa shape index (κ3) is 2.62. The molecule has 1 saturated carbocycles. The number of nitrogens with zero attached hydrogens (tertiary/aromatic N) is 1. The van der Waals surface area contributed by atoms with Gasteiger partial charge in [0.2, 0.25) is 0 Å². The normalized spacial score (nSPS) is 17.7. The molecule has 0 aromatic carbocycles. The highest BCUT2D eigenvalue weighted by atomic mass is 35.5. The second-order valence-corrected chi connectivity index (χ2v) is 4.95. The Morgan fingerprint density at radius 2 is 2.22 bits per heavy atom. The fourth-order valence-electron chi connectivity index (χ4n) is 2.26. The Kier molecular flexibility index (Phi) is 3.82. The van der Waals surface area contributed by atoms with Crippen molar-refractivity contribution < 1.29 is 14.3 Å². The maximum absolute atomic E-state index is 13.0. The number of hydrogen-bond donors (Lipinski definition) is 2. The molecule has 6 heteroatoms. The van der Waals surface area contributed by atoms with Gasteiger partial charge in [0, 0.05) is 0 Å². The predicted molar refractivity (Wildman–Crippen MR) is 65.0 cm³/mol. The first-order valence-electron chi connectivity index (χ1n) is 5.81. The molecule has 0 atom stereocenters. The molecule has 0 saturated heterocycles. The molecule has 0 bridgehead atoms. The van der Waals surface area contributed by atoms with Crippen LogP contribution in [0.1, 0.15) is 36.0 Å². The van der Waals surface area contributed by atoms with E-state index in [1.807, 2.05) is 0 Å². The molecule has 1 aliphatic carbocycles. The number of hydrogen-bond acceptors (Lipinski definition) is 3. The molecule has 2 N–H and O–H groups in total. The maximum Gasteiger partial charge on any atom is 0.255 e. The van der Waals surface area contributed by atoms with E-state index in [0.29, 0.717) is 0 Å². The lowest BCUT2D eigenvalue weighted by Gasteiger charge is -2.28. The SMILES string of the molecule is O=C(NC1(CO)CCCC1)c1cc(F)cnc1Cl. The van der Waals surface area contributed by atoms with Gasteiger partial charge < -0.3 is 10.4 Å². The standard InChI is InChI=1S/C12H14ClFN2O2/c13-10-9(5-8(14)6-15-10)11(18)16-12(7-17)3-1-2-4-12/h5-6,17H,1-4,7H2,(H,16,18). The van der Waals surface area contributed by atoms with Crippen molar-refractivity contribution in [1.82, 2.24) is 10.3 Å². The van der Waals surface area contributed by atoms with Gasteiger partial charge in [0.1, 0.15) is 11.0 Å². The molecular weight excluding hydrogens is 259 g/mol. The second-order valence-electron chi connectivity index (χ2n) is 4.59. The summed E-state index contributed by atoms with van der Waals surface area (Å²) in [5, 5.41) is 12.1. The molecule has 0 aliphatic heterocycles. The van der Waals surface area contributed by atoms with Gasteiger partial charge in [-0.2, -0.15) is 0 Å².